The molecule has 1 atom stereocenters. The zero-order valence-electron chi connectivity index (χ0n) is 11.6. The molecule has 0 bridgehead atoms. The average molecular weight is 261 g/mol. The molecule has 0 saturated carbocycles. The van der Waals surface area contributed by atoms with Crippen LogP contribution in [0.1, 0.15) is 51.0 Å². The third-order valence-corrected chi connectivity index (χ3v) is 3.68. The maximum atomic E-state index is 11.9. The molecule has 0 saturated heterocycles. The van der Waals surface area contributed by atoms with Crippen LogP contribution in [0, 0.1) is 0 Å². The van der Waals surface area contributed by atoms with E-state index in [4.69, 9.17) is 0 Å². The van der Waals surface area contributed by atoms with Crippen molar-refractivity contribution in [2.24, 2.45) is 0 Å². The molecule has 104 valence electrons. The Kier molecular flexibility index (Phi) is 5.19. The van der Waals surface area contributed by atoms with Crippen LogP contribution in [0.25, 0.3) is 0 Å². The lowest BCUT2D eigenvalue weighted by atomic mass is 9.94. The highest BCUT2D eigenvalue weighted by molar-refractivity contribution is 5.76. The van der Waals surface area contributed by atoms with Gasteiger partial charge in [0.15, 0.2) is 0 Å². The van der Waals surface area contributed by atoms with E-state index in [2.05, 4.69) is 28.5 Å². The summed E-state index contributed by atoms with van der Waals surface area (Å²) in [5.74, 6) is 0.155. The first-order valence-corrected chi connectivity index (χ1v) is 7.21. The third kappa shape index (κ3) is 4.54. The van der Waals surface area contributed by atoms with E-state index >= 15 is 0 Å². The number of carbonyl (C=O) groups is 1. The van der Waals surface area contributed by atoms with Gasteiger partial charge >= 0.3 is 0 Å². The summed E-state index contributed by atoms with van der Waals surface area (Å²) in [6.07, 6.45) is 13.2. The van der Waals surface area contributed by atoms with E-state index in [9.17, 15) is 4.79 Å². The zero-order chi connectivity index (χ0) is 13.5. The Morgan fingerprint density at radius 1 is 1.53 bits per heavy atom. The summed E-state index contributed by atoms with van der Waals surface area (Å²) in [4.78, 5) is 11.9. The molecule has 2 rings (SSSR count). The molecule has 0 fully saturated rings. The number of aromatic amines is 1. The van der Waals surface area contributed by atoms with E-state index in [-0.39, 0.29) is 11.9 Å². The van der Waals surface area contributed by atoms with Crippen molar-refractivity contribution in [3.63, 3.8) is 0 Å². The van der Waals surface area contributed by atoms with Crippen LogP contribution in [0.3, 0.4) is 0 Å². The maximum absolute atomic E-state index is 11.9. The van der Waals surface area contributed by atoms with Crippen molar-refractivity contribution in [2.75, 3.05) is 0 Å². The normalized spacial score (nSPS) is 16.8. The van der Waals surface area contributed by atoms with Crippen molar-refractivity contribution < 1.29 is 4.79 Å². The number of rotatable bonds is 6. The van der Waals surface area contributed by atoms with Crippen molar-refractivity contribution in [3.05, 3.63) is 29.6 Å². The van der Waals surface area contributed by atoms with E-state index in [1.165, 1.54) is 18.4 Å². The first-order chi connectivity index (χ1) is 9.25. The molecule has 19 heavy (non-hydrogen) atoms. The molecule has 4 nitrogen and oxygen atoms in total. The van der Waals surface area contributed by atoms with Crippen molar-refractivity contribution in [3.8, 4) is 0 Å². The van der Waals surface area contributed by atoms with Gasteiger partial charge in [0, 0.05) is 18.7 Å². The van der Waals surface area contributed by atoms with Gasteiger partial charge in [0.2, 0.25) is 5.91 Å². The van der Waals surface area contributed by atoms with E-state index in [1.807, 2.05) is 12.4 Å². The number of allylic oxidation sites excluding steroid dienone is 1. The number of carbonyl (C=O) groups excluding carboxylic acids is 1. The second-order valence-corrected chi connectivity index (χ2v) is 5.27. The Hall–Kier alpha value is -1.58. The lowest BCUT2D eigenvalue weighted by Gasteiger charge is -2.20. The van der Waals surface area contributed by atoms with Gasteiger partial charge in [-0.05, 0) is 51.0 Å². The fourth-order valence-electron chi connectivity index (χ4n) is 2.53. The van der Waals surface area contributed by atoms with Crippen LogP contribution >= 0.6 is 0 Å². The Morgan fingerprint density at radius 3 is 3.11 bits per heavy atom. The van der Waals surface area contributed by atoms with Gasteiger partial charge in [-0.3, -0.25) is 9.89 Å². The summed E-state index contributed by atoms with van der Waals surface area (Å²) in [6.45, 7) is 2.09. The van der Waals surface area contributed by atoms with Gasteiger partial charge in [0.05, 0.1) is 6.20 Å². The number of H-pyrrole nitrogens is 1. The molecule has 1 aromatic heterocycles. The Bertz CT molecular complexity index is 423. The summed E-state index contributed by atoms with van der Waals surface area (Å²) in [5.41, 5.74) is 2.56. The SMILES string of the molecule is C[C@H](NC(=O)CCCc1cn[nH]c1)C1=CCCCC1. The first-order valence-electron chi connectivity index (χ1n) is 7.21. The standard InChI is InChI=1S/C15H23N3O/c1-12(14-7-3-2-4-8-14)18-15(19)9-5-6-13-10-16-17-11-13/h7,10-12H,2-6,8-9H2,1H3,(H,16,17)(H,18,19)/t12-/m0/s1. The van der Waals surface area contributed by atoms with Gasteiger partial charge in [-0.15, -0.1) is 0 Å². The number of hydrogen-bond acceptors (Lipinski definition) is 2. The van der Waals surface area contributed by atoms with E-state index in [0.717, 1.165) is 31.2 Å². The minimum absolute atomic E-state index is 0.155. The van der Waals surface area contributed by atoms with Gasteiger partial charge < -0.3 is 5.32 Å². The first kappa shape index (κ1) is 13.8. The van der Waals surface area contributed by atoms with Crippen LogP contribution in [0.2, 0.25) is 0 Å². The van der Waals surface area contributed by atoms with Crippen molar-refractivity contribution in [1.29, 1.82) is 0 Å². The predicted molar refractivity (Wildman–Crippen MR) is 75.7 cm³/mol. The smallest absolute Gasteiger partial charge is 0.220 e. The van der Waals surface area contributed by atoms with Crippen LogP contribution in [-0.4, -0.2) is 22.1 Å². The molecular formula is C15H23N3O. The highest BCUT2D eigenvalue weighted by Crippen LogP contribution is 2.20. The zero-order valence-corrected chi connectivity index (χ0v) is 11.6. The topological polar surface area (TPSA) is 57.8 Å². The van der Waals surface area contributed by atoms with Gasteiger partial charge in [0.1, 0.15) is 0 Å². The molecular weight excluding hydrogens is 238 g/mol. The lowest BCUT2D eigenvalue weighted by molar-refractivity contribution is -0.121. The van der Waals surface area contributed by atoms with Gasteiger partial charge in [0.25, 0.3) is 0 Å². The summed E-state index contributed by atoms with van der Waals surface area (Å²) in [7, 11) is 0. The summed E-state index contributed by atoms with van der Waals surface area (Å²) in [6, 6.07) is 0.196. The minimum atomic E-state index is 0.155. The molecule has 1 heterocycles. The molecule has 1 aromatic rings. The van der Waals surface area contributed by atoms with Crippen molar-refractivity contribution in [1.82, 2.24) is 15.5 Å². The van der Waals surface area contributed by atoms with Gasteiger partial charge in [-0.25, -0.2) is 0 Å². The average Bonchev–Trinajstić information content (AvgIpc) is 2.93. The molecule has 1 aliphatic rings. The monoisotopic (exact) mass is 261 g/mol. The molecule has 0 spiro atoms. The van der Waals surface area contributed by atoms with Crippen molar-refractivity contribution in [2.45, 2.75) is 57.9 Å². The minimum Gasteiger partial charge on any atom is -0.350 e. The van der Waals surface area contributed by atoms with Gasteiger partial charge in [-0.1, -0.05) is 11.6 Å². The number of amides is 1. The second kappa shape index (κ2) is 7.12. The van der Waals surface area contributed by atoms with Crippen LogP contribution in [0.4, 0.5) is 0 Å². The second-order valence-electron chi connectivity index (χ2n) is 5.27. The third-order valence-electron chi connectivity index (χ3n) is 3.68. The van der Waals surface area contributed by atoms with E-state index in [0.29, 0.717) is 6.42 Å². The Labute approximate surface area is 114 Å². The molecule has 0 aliphatic heterocycles. The maximum Gasteiger partial charge on any atom is 0.220 e. The molecule has 0 radical (unpaired) electrons. The molecule has 1 amide bonds. The van der Waals surface area contributed by atoms with Crippen LogP contribution in [0.15, 0.2) is 24.0 Å². The molecule has 2 N–H and O–H groups in total. The summed E-state index contributed by atoms with van der Waals surface area (Å²) in [5, 5.41) is 9.78. The number of nitrogens with zero attached hydrogens (tertiary/aromatic N) is 1. The molecule has 1 aliphatic carbocycles. The number of aryl methyl sites for hydroxylation is 1. The quantitative estimate of drug-likeness (QED) is 0.774. The molecule has 4 heteroatoms. The van der Waals surface area contributed by atoms with E-state index in [1.54, 1.807) is 0 Å². The highest BCUT2D eigenvalue weighted by Gasteiger charge is 2.13. The van der Waals surface area contributed by atoms with Crippen LogP contribution in [0.5, 0.6) is 0 Å². The van der Waals surface area contributed by atoms with E-state index < -0.39 is 0 Å². The molecule has 0 aromatic carbocycles. The van der Waals surface area contributed by atoms with Crippen molar-refractivity contribution >= 4 is 5.91 Å². The number of hydrogen-bond donors (Lipinski definition) is 2. The molecule has 0 unspecified atom stereocenters. The Balaban J connectivity index is 1.67. The lowest BCUT2D eigenvalue weighted by Crippen LogP contribution is -2.34. The number of nitrogens with one attached hydrogen (secondary N) is 2. The summed E-state index contributed by atoms with van der Waals surface area (Å²) < 4.78 is 0. The van der Waals surface area contributed by atoms with Crippen LogP contribution < -0.4 is 5.32 Å². The fourth-order valence-corrected chi connectivity index (χ4v) is 2.53. The predicted octanol–water partition coefficient (Wildman–Crippen LogP) is 2.74. The largest absolute Gasteiger partial charge is 0.350 e. The highest BCUT2D eigenvalue weighted by atomic mass is 16.1. The van der Waals surface area contributed by atoms with Crippen LogP contribution in [-0.2, 0) is 11.2 Å². The summed E-state index contributed by atoms with van der Waals surface area (Å²) >= 11 is 0. The number of aromatic nitrogens is 2. The Morgan fingerprint density at radius 2 is 2.42 bits per heavy atom. The fraction of sp³-hybridized carbons (Fsp3) is 0.600. The van der Waals surface area contributed by atoms with Gasteiger partial charge in [-0.2, -0.15) is 5.10 Å².